The van der Waals surface area contributed by atoms with E-state index in [0.717, 1.165) is 24.1 Å². The van der Waals surface area contributed by atoms with Crippen LogP contribution < -0.4 is 0 Å². The van der Waals surface area contributed by atoms with Crippen molar-refractivity contribution >= 4 is 11.8 Å². The zero-order valence-electron chi connectivity index (χ0n) is 17.7. The van der Waals surface area contributed by atoms with Crippen LogP contribution in [0.4, 0.5) is 0 Å². The van der Waals surface area contributed by atoms with Gasteiger partial charge in [0, 0.05) is 43.9 Å². The second-order valence-corrected chi connectivity index (χ2v) is 8.43. The fraction of sp³-hybridized carbons (Fsp3) is 0.320. The number of hydrogen-bond donors (Lipinski definition) is 0. The lowest BCUT2D eigenvalue weighted by Gasteiger charge is -2.34. The van der Waals surface area contributed by atoms with E-state index >= 15 is 0 Å². The molecule has 2 heterocycles. The van der Waals surface area contributed by atoms with Crippen molar-refractivity contribution in [2.24, 2.45) is 5.92 Å². The van der Waals surface area contributed by atoms with E-state index in [4.69, 9.17) is 5.10 Å². The van der Waals surface area contributed by atoms with E-state index in [9.17, 15) is 9.59 Å². The second-order valence-electron chi connectivity index (χ2n) is 8.43. The van der Waals surface area contributed by atoms with Crippen LogP contribution in [0.1, 0.15) is 28.8 Å². The van der Waals surface area contributed by atoms with Crippen molar-refractivity contribution < 1.29 is 9.59 Å². The predicted molar refractivity (Wildman–Crippen MR) is 119 cm³/mol. The summed E-state index contributed by atoms with van der Waals surface area (Å²) in [4.78, 5) is 29.6. The monoisotopic (exact) mass is 414 g/mol. The smallest absolute Gasteiger partial charge is 0.257 e. The summed E-state index contributed by atoms with van der Waals surface area (Å²) in [5.41, 5.74) is 4.28. The molecule has 1 saturated heterocycles. The van der Waals surface area contributed by atoms with Crippen LogP contribution in [0.15, 0.2) is 60.8 Å². The fourth-order valence-corrected chi connectivity index (χ4v) is 4.06. The maximum absolute atomic E-state index is 13.5. The van der Waals surface area contributed by atoms with Crippen LogP contribution in [0.2, 0.25) is 0 Å². The van der Waals surface area contributed by atoms with Crippen molar-refractivity contribution in [3.8, 4) is 16.9 Å². The number of aromatic nitrogens is 2. The minimum atomic E-state index is -0.0317. The normalized spacial score (nSPS) is 16.4. The van der Waals surface area contributed by atoms with Crippen molar-refractivity contribution in [2.75, 3.05) is 26.2 Å². The molecule has 31 heavy (non-hydrogen) atoms. The lowest BCUT2D eigenvalue weighted by Crippen LogP contribution is -2.51. The molecule has 6 nitrogen and oxygen atoms in total. The van der Waals surface area contributed by atoms with Crippen LogP contribution in [0, 0.1) is 12.8 Å². The summed E-state index contributed by atoms with van der Waals surface area (Å²) >= 11 is 0. The van der Waals surface area contributed by atoms with Gasteiger partial charge in [0.15, 0.2) is 0 Å². The van der Waals surface area contributed by atoms with E-state index in [-0.39, 0.29) is 17.7 Å². The number of carbonyl (C=O) groups is 2. The third-order valence-corrected chi connectivity index (χ3v) is 6.10. The van der Waals surface area contributed by atoms with Gasteiger partial charge in [-0.3, -0.25) is 9.59 Å². The van der Waals surface area contributed by atoms with Crippen molar-refractivity contribution in [3.05, 3.63) is 71.9 Å². The van der Waals surface area contributed by atoms with Crippen LogP contribution in [0.5, 0.6) is 0 Å². The third kappa shape index (κ3) is 3.98. The molecule has 5 rings (SSSR count). The number of amides is 2. The van der Waals surface area contributed by atoms with Gasteiger partial charge >= 0.3 is 0 Å². The van der Waals surface area contributed by atoms with Crippen LogP contribution >= 0.6 is 0 Å². The van der Waals surface area contributed by atoms with E-state index < -0.39 is 0 Å². The predicted octanol–water partition coefficient (Wildman–Crippen LogP) is 3.54. The molecule has 1 aliphatic carbocycles. The Morgan fingerprint density at radius 3 is 2.16 bits per heavy atom. The molecule has 1 aromatic heterocycles. The molecule has 1 aliphatic heterocycles. The Morgan fingerprint density at radius 1 is 0.871 bits per heavy atom. The largest absolute Gasteiger partial charge is 0.339 e. The highest BCUT2D eigenvalue weighted by Crippen LogP contribution is 2.31. The lowest BCUT2D eigenvalue weighted by molar-refractivity contribution is -0.134. The quantitative estimate of drug-likeness (QED) is 0.656. The van der Waals surface area contributed by atoms with Gasteiger partial charge in [-0.15, -0.1) is 0 Å². The molecule has 2 fully saturated rings. The molecule has 2 aromatic carbocycles. The topological polar surface area (TPSA) is 58.4 Å². The maximum atomic E-state index is 13.5. The molecule has 0 bridgehead atoms. The summed E-state index contributed by atoms with van der Waals surface area (Å²) in [6.45, 7) is 4.37. The molecule has 2 aliphatic rings. The van der Waals surface area contributed by atoms with Gasteiger partial charge in [0.05, 0.1) is 11.3 Å². The van der Waals surface area contributed by atoms with Gasteiger partial charge in [-0.05, 0) is 31.9 Å². The van der Waals surface area contributed by atoms with Crippen molar-refractivity contribution in [1.29, 1.82) is 0 Å². The van der Waals surface area contributed by atoms with Crippen molar-refractivity contribution in [3.63, 3.8) is 0 Å². The first kappa shape index (κ1) is 19.5. The fourth-order valence-electron chi connectivity index (χ4n) is 4.06. The molecule has 1 saturated carbocycles. The van der Waals surface area contributed by atoms with Gasteiger partial charge in [-0.25, -0.2) is 4.68 Å². The van der Waals surface area contributed by atoms with Gasteiger partial charge < -0.3 is 9.80 Å². The van der Waals surface area contributed by atoms with E-state index in [1.807, 2.05) is 77.5 Å². The molecule has 0 spiro atoms. The SMILES string of the molecule is Cc1ccc(-n2cc(C(=O)N3CCN(C(=O)C4CC4)CC3)c(-c3ccccc3)n2)cc1. The van der Waals surface area contributed by atoms with Gasteiger partial charge in [-0.2, -0.15) is 5.10 Å². The van der Waals surface area contributed by atoms with E-state index in [2.05, 4.69) is 0 Å². The van der Waals surface area contributed by atoms with Crippen molar-refractivity contribution in [1.82, 2.24) is 19.6 Å². The second kappa shape index (κ2) is 8.02. The zero-order valence-corrected chi connectivity index (χ0v) is 17.7. The number of carbonyl (C=O) groups excluding carboxylic acids is 2. The first-order chi connectivity index (χ1) is 15.1. The highest BCUT2D eigenvalue weighted by molar-refractivity contribution is 6.00. The van der Waals surface area contributed by atoms with Crippen LogP contribution in [-0.2, 0) is 4.79 Å². The minimum absolute atomic E-state index is 0.0317. The summed E-state index contributed by atoms with van der Waals surface area (Å²) in [6.07, 6.45) is 3.85. The Bertz CT molecular complexity index is 1090. The first-order valence-corrected chi connectivity index (χ1v) is 10.9. The molecule has 2 amide bonds. The summed E-state index contributed by atoms with van der Waals surface area (Å²) in [6, 6.07) is 17.9. The van der Waals surface area contributed by atoms with E-state index in [0.29, 0.717) is 37.4 Å². The average Bonchev–Trinajstić information content (AvgIpc) is 3.57. The number of piperazine rings is 1. The van der Waals surface area contributed by atoms with Crippen molar-refractivity contribution in [2.45, 2.75) is 19.8 Å². The number of hydrogen-bond acceptors (Lipinski definition) is 3. The van der Waals surface area contributed by atoms with Crippen LogP contribution in [0.3, 0.4) is 0 Å². The standard InChI is InChI=1S/C25H26N4O2/c1-18-7-11-21(12-8-18)29-17-22(23(26-29)19-5-3-2-4-6-19)25(31)28-15-13-27(14-16-28)24(30)20-9-10-20/h2-8,11-12,17,20H,9-10,13-16H2,1H3. The Labute approximate surface area is 182 Å². The highest BCUT2D eigenvalue weighted by atomic mass is 16.2. The average molecular weight is 415 g/mol. The molecule has 158 valence electrons. The molecule has 3 aromatic rings. The summed E-state index contributed by atoms with van der Waals surface area (Å²) in [5, 5.41) is 4.78. The summed E-state index contributed by atoms with van der Waals surface area (Å²) in [7, 11) is 0. The Hall–Kier alpha value is -3.41. The highest BCUT2D eigenvalue weighted by Gasteiger charge is 2.35. The first-order valence-electron chi connectivity index (χ1n) is 10.9. The van der Waals surface area contributed by atoms with Gasteiger partial charge in [-0.1, -0.05) is 48.0 Å². The lowest BCUT2D eigenvalue weighted by atomic mass is 10.1. The van der Waals surface area contributed by atoms with E-state index in [1.54, 1.807) is 4.68 Å². The Balaban J connectivity index is 1.42. The zero-order chi connectivity index (χ0) is 21.4. The molecule has 0 unspecified atom stereocenters. The molecule has 0 N–H and O–H groups in total. The molecule has 0 radical (unpaired) electrons. The number of aryl methyl sites for hydroxylation is 1. The summed E-state index contributed by atoms with van der Waals surface area (Å²) < 4.78 is 1.78. The minimum Gasteiger partial charge on any atom is -0.339 e. The summed E-state index contributed by atoms with van der Waals surface area (Å²) in [5.74, 6) is 0.444. The molecular formula is C25H26N4O2. The molecule has 0 atom stereocenters. The number of nitrogens with zero attached hydrogens (tertiary/aromatic N) is 4. The number of rotatable bonds is 4. The van der Waals surface area contributed by atoms with Crippen LogP contribution in [0.25, 0.3) is 16.9 Å². The molecular weight excluding hydrogens is 388 g/mol. The third-order valence-electron chi connectivity index (χ3n) is 6.10. The van der Waals surface area contributed by atoms with E-state index in [1.165, 1.54) is 5.56 Å². The van der Waals surface area contributed by atoms with Crippen LogP contribution in [-0.4, -0.2) is 57.6 Å². The van der Waals surface area contributed by atoms with Gasteiger partial charge in [0.25, 0.3) is 5.91 Å². The Morgan fingerprint density at radius 2 is 1.52 bits per heavy atom. The maximum Gasteiger partial charge on any atom is 0.257 e. The molecule has 6 heteroatoms. The van der Waals surface area contributed by atoms with Gasteiger partial charge in [0.2, 0.25) is 5.91 Å². The van der Waals surface area contributed by atoms with Gasteiger partial charge in [0.1, 0.15) is 5.69 Å². The number of benzene rings is 2. The Kier molecular flexibility index (Phi) is 5.06.